The predicted molar refractivity (Wildman–Crippen MR) is 44.6 cm³/mol. The van der Waals surface area contributed by atoms with E-state index in [1.54, 1.807) is 0 Å². The molecule has 2 fully saturated rings. The molecule has 2 aliphatic rings. The summed E-state index contributed by atoms with van der Waals surface area (Å²) >= 11 is 0. The van der Waals surface area contributed by atoms with Crippen molar-refractivity contribution in [3.05, 3.63) is 0 Å². The molecule has 2 bridgehead atoms. The van der Waals surface area contributed by atoms with Crippen LogP contribution in [0.4, 0.5) is 0 Å². The third kappa shape index (κ3) is 1.15. The van der Waals surface area contributed by atoms with Crippen LogP contribution in [0.3, 0.4) is 0 Å². The fourth-order valence-electron chi connectivity index (χ4n) is 2.14. The summed E-state index contributed by atoms with van der Waals surface area (Å²) in [6.45, 7) is 1.39. The third-order valence-corrected chi connectivity index (χ3v) is 3.89. The van der Waals surface area contributed by atoms with Crippen LogP contribution in [0.15, 0.2) is 0 Å². The van der Waals surface area contributed by atoms with E-state index in [1.165, 1.54) is 4.31 Å². The van der Waals surface area contributed by atoms with Crippen LogP contribution in [-0.2, 0) is 10.2 Å². The van der Waals surface area contributed by atoms with Crippen LogP contribution in [0.2, 0.25) is 0 Å². The summed E-state index contributed by atoms with van der Waals surface area (Å²) in [6, 6.07) is 0.503. The zero-order chi connectivity index (χ0) is 8.93. The first-order chi connectivity index (χ1) is 5.48. The first-order valence-electron chi connectivity index (χ1n) is 3.98. The van der Waals surface area contributed by atoms with Gasteiger partial charge in [0.1, 0.15) is 0 Å². The molecule has 2 rings (SSSR count). The standard InChI is InChI=1S/C6H13N3O2S/c1-8-3-6-2-5(8)4-9(6)12(7,10)11/h5-6H,2-4H2,1H3,(H2,7,10,11)/t5-,6-/m0/s1. The molecule has 0 aromatic heterocycles. The van der Waals surface area contributed by atoms with Crippen LogP contribution < -0.4 is 5.14 Å². The molecule has 0 spiro atoms. The molecule has 5 nitrogen and oxygen atoms in total. The molecule has 12 heavy (non-hydrogen) atoms. The number of likely N-dealkylation sites (tertiary alicyclic amines) is 1. The van der Waals surface area contributed by atoms with Crippen molar-refractivity contribution < 1.29 is 8.42 Å². The van der Waals surface area contributed by atoms with Gasteiger partial charge in [-0.3, -0.25) is 0 Å². The Hall–Kier alpha value is -0.170. The van der Waals surface area contributed by atoms with Crippen LogP contribution in [0.25, 0.3) is 0 Å². The second-order valence-electron chi connectivity index (χ2n) is 3.60. The Bertz CT molecular complexity index is 287. The number of piperazine rings is 1. The zero-order valence-electron chi connectivity index (χ0n) is 6.97. The number of rotatable bonds is 1. The van der Waals surface area contributed by atoms with Gasteiger partial charge in [-0.2, -0.15) is 12.7 Å². The van der Waals surface area contributed by atoms with Crippen LogP contribution in [0.5, 0.6) is 0 Å². The van der Waals surface area contributed by atoms with Gasteiger partial charge in [-0.15, -0.1) is 0 Å². The number of nitrogens with zero attached hydrogens (tertiary/aromatic N) is 2. The van der Waals surface area contributed by atoms with E-state index in [0.29, 0.717) is 12.6 Å². The maximum atomic E-state index is 11.0. The van der Waals surface area contributed by atoms with Crippen LogP contribution in [0, 0.1) is 0 Å². The summed E-state index contributed by atoms with van der Waals surface area (Å²) in [5.41, 5.74) is 0. The van der Waals surface area contributed by atoms with E-state index in [0.717, 1.165) is 13.0 Å². The van der Waals surface area contributed by atoms with Crippen molar-refractivity contribution in [3.63, 3.8) is 0 Å². The number of likely N-dealkylation sites (N-methyl/N-ethyl adjacent to an activating group) is 1. The van der Waals surface area contributed by atoms with E-state index in [2.05, 4.69) is 4.90 Å². The first-order valence-corrected chi connectivity index (χ1v) is 5.48. The van der Waals surface area contributed by atoms with Gasteiger partial charge in [0.15, 0.2) is 0 Å². The average molecular weight is 191 g/mol. The summed E-state index contributed by atoms with van der Waals surface area (Å²) in [5.74, 6) is 0. The lowest BCUT2D eigenvalue weighted by molar-refractivity contribution is 0.217. The minimum Gasteiger partial charge on any atom is -0.300 e. The van der Waals surface area contributed by atoms with Crippen LogP contribution in [0.1, 0.15) is 6.42 Å². The Balaban J connectivity index is 2.18. The number of fused-ring (bicyclic) bond motifs is 2. The summed E-state index contributed by atoms with van der Waals surface area (Å²) in [5, 5.41) is 5.05. The molecule has 6 heteroatoms. The predicted octanol–water partition coefficient (Wildman–Crippen LogP) is -1.42. The minimum absolute atomic E-state index is 0.120. The smallest absolute Gasteiger partial charge is 0.277 e. The van der Waals surface area contributed by atoms with Gasteiger partial charge < -0.3 is 4.90 Å². The summed E-state index contributed by atoms with van der Waals surface area (Å²) in [7, 11) is -1.43. The Morgan fingerprint density at radius 3 is 2.33 bits per heavy atom. The Kier molecular flexibility index (Phi) is 1.69. The Morgan fingerprint density at radius 2 is 2.00 bits per heavy atom. The molecule has 0 unspecified atom stereocenters. The van der Waals surface area contributed by atoms with Gasteiger partial charge in [-0.05, 0) is 13.5 Å². The van der Waals surface area contributed by atoms with Crippen molar-refractivity contribution in [2.75, 3.05) is 20.1 Å². The second-order valence-corrected chi connectivity index (χ2v) is 5.10. The Morgan fingerprint density at radius 1 is 1.33 bits per heavy atom. The molecular weight excluding hydrogens is 178 g/mol. The molecule has 0 aromatic carbocycles. The molecule has 2 saturated heterocycles. The molecular formula is C6H13N3O2S. The highest BCUT2D eigenvalue weighted by atomic mass is 32.2. The van der Waals surface area contributed by atoms with Crippen molar-refractivity contribution in [3.8, 4) is 0 Å². The maximum Gasteiger partial charge on any atom is 0.277 e. The summed E-state index contributed by atoms with van der Waals surface area (Å²) < 4.78 is 23.4. The van der Waals surface area contributed by atoms with E-state index in [1.807, 2.05) is 7.05 Å². The fourth-order valence-corrected chi connectivity index (χ4v) is 3.09. The SMILES string of the molecule is CN1C[C@@H]2C[C@H]1CN2S(N)(=O)=O. The molecule has 0 amide bonds. The molecule has 2 heterocycles. The third-order valence-electron chi connectivity index (χ3n) is 2.79. The lowest BCUT2D eigenvalue weighted by Crippen LogP contribution is -2.49. The highest BCUT2D eigenvalue weighted by Gasteiger charge is 2.45. The van der Waals surface area contributed by atoms with Crippen molar-refractivity contribution in [2.24, 2.45) is 5.14 Å². The van der Waals surface area contributed by atoms with Crippen molar-refractivity contribution in [2.45, 2.75) is 18.5 Å². The van der Waals surface area contributed by atoms with Gasteiger partial charge in [-0.25, -0.2) is 5.14 Å². The molecule has 2 N–H and O–H groups in total. The van der Waals surface area contributed by atoms with Gasteiger partial charge in [0.25, 0.3) is 10.2 Å². The highest BCUT2D eigenvalue weighted by molar-refractivity contribution is 7.86. The summed E-state index contributed by atoms with van der Waals surface area (Å²) in [4.78, 5) is 2.19. The maximum absolute atomic E-state index is 11.0. The van der Waals surface area contributed by atoms with Crippen molar-refractivity contribution >= 4 is 10.2 Å². The van der Waals surface area contributed by atoms with E-state index >= 15 is 0 Å². The van der Waals surface area contributed by atoms with Gasteiger partial charge in [0.05, 0.1) is 0 Å². The first kappa shape index (κ1) is 8.43. The van der Waals surface area contributed by atoms with Gasteiger partial charge in [0.2, 0.25) is 0 Å². The van der Waals surface area contributed by atoms with E-state index < -0.39 is 10.2 Å². The van der Waals surface area contributed by atoms with Gasteiger partial charge >= 0.3 is 0 Å². The monoisotopic (exact) mass is 191 g/mol. The quantitative estimate of drug-likeness (QED) is 0.553. The van der Waals surface area contributed by atoms with Gasteiger partial charge in [0, 0.05) is 25.2 Å². The van der Waals surface area contributed by atoms with Crippen molar-refractivity contribution in [1.82, 2.24) is 9.21 Å². The molecule has 0 aromatic rings. The highest BCUT2D eigenvalue weighted by Crippen LogP contribution is 2.30. The number of hydrogen-bond acceptors (Lipinski definition) is 3. The van der Waals surface area contributed by atoms with E-state index in [4.69, 9.17) is 5.14 Å². The fraction of sp³-hybridized carbons (Fsp3) is 1.00. The largest absolute Gasteiger partial charge is 0.300 e. The molecule has 70 valence electrons. The van der Waals surface area contributed by atoms with E-state index in [-0.39, 0.29) is 6.04 Å². The van der Waals surface area contributed by atoms with E-state index in [9.17, 15) is 8.42 Å². The second kappa shape index (κ2) is 2.41. The lowest BCUT2D eigenvalue weighted by Gasteiger charge is -2.29. The number of nitrogens with two attached hydrogens (primary N) is 1. The molecule has 0 saturated carbocycles. The average Bonchev–Trinajstić information content (AvgIpc) is 2.41. The van der Waals surface area contributed by atoms with Crippen LogP contribution in [-0.4, -0.2) is 49.8 Å². The normalized spacial score (nSPS) is 37.8. The number of hydrogen-bond donors (Lipinski definition) is 1. The molecule has 0 aliphatic carbocycles. The lowest BCUT2D eigenvalue weighted by atomic mass is 10.2. The minimum atomic E-state index is -3.45. The molecule has 2 atom stereocenters. The van der Waals surface area contributed by atoms with Crippen molar-refractivity contribution in [1.29, 1.82) is 0 Å². The topological polar surface area (TPSA) is 66.6 Å². The van der Waals surface area contributed by atoms with Crippen LogP contribution >= 0.6 is 0 Å². The summed E-state index contributed by atoms with van der Waals surface area (Å²) in [6.07, 6.45) is 0.937. The molecule has 2 aliphatic heterocycles. The molecule has 0 radical (unpaired) electrons. The van der Waals surface area contributed by atoms with Gasteiger partial charge in [-0.1, -0.05) is 0 Å². The Labute approximate surface area is 72.3 Å². The zero-order valence-corrected chi connectivity index (χ0v) is 7.79.